The third-order valence-corrected chi connectivity index (χ3v) is 4.17. The summed E-state index contributed by atoms with van der Waals surface area (Å²) in [7, 11) is 1.88. The summed E-state index contributed by atoms with van der Waals surface area (Å²) in [6.07, 6.45) is 4.27. The maximum Gasteiger partial charge on any atom is 0.272 e. The largest absolute Gasteiger partial charge is 0.339 e. The topological polar surface area (TPSA) is 51.9 Å². The molecule has 1 N–H and O–H groups in total. The molecule has 0 atom stereocenters. The summed E-state index contributed by atoms with van der Waals surface area (Å²) in [6, 6.07) is 2.34. The lowest BCUT2D eigenvalue weighted by molar-refractivity contribution is 0.101. The molecular weight excluding hydrogens is 320 g/mol. The van der Waals surface area contributed by atoms with Gasteiger partial charge in [0.15, 0.2) is 0 Å². The Balaban J connectivity index is 1.90. The Hall–Kier alpha value is -1.56. The zero-order valence-corrected chi connectivity index (χ0v) is 13.4. The molecule has 1 saturated carbocycles. The van der Waals surface area contributed by atoms with Crippen molar-refractivity contribution in [3.8, 4) is 0 Å². The number of rotatable bonds is 3. The van der Waals surface area contributed by atoms with E-state index in [-0.39, 0.29) is 5.91 Å². The van der Waals surface area contributed by atoms with Crippen molar-refractivity contribution >= 4 is 27.5 Å². The van der Waals surface area contributed by atoms with Gasteiger partial charge in [-0.15, -0.1) is 0 Å². The fraction of sp³-hybridized carbons (Fsp3) is 0.429. The number of aryl methyl sites for hydroxylation is 2. The van der Waals surface area contributed by atoms with Crippen LogP contribution in [0.2, 0.25) is 0 Å². The van der Waals surface area contributed by atoms with Crippen molar-refractivity contribution in [2.24, 2.45) is 7.05 Å². The molecule has 0 spiro atoms. The normalized spacial score (nSPS) is 14.6. The lowest BCUT2D eigenvalue weighted by Gasteiger charge is -2.09. The van der Waals surface area contributed by atoms with Gasteiger partial charge in [-0.05, 0) is 48.7 Å². The Bertz CT molecular complexity index is 682. The third kappa shape index (κ3) is 2.28. The van der Waals surface area contributed by atoms with Gasteiger partial charge in [0, 0.05) is 23.8 Å². The summed E-state index contributed by atoms with van der Waals surface area (Å²) in [5.74, 6) is -0.0817. The van der Waals surface area contributed by atoms with Gasteiger partial charge in [-0.25, -0.2) is 0 Å². The minimum atomic E-state index is -0.0817. The molecular formula is C14H17BrN4O. The minimum absolute atomic E-state index is 0.0817. The van der Waals surface area contributed by atoms with Crippen molar-refractivity contribution in [2.45, 2.75) is 32.7 Å². The lowest BCUT2D eigenvalue weighted by Crippen LogP contribution is -2.17. The van der Waals surface area contributed by atoms with Crippen LogP contribution in [0.5, 0.6) is 0 Å². The van der Waals surface area contributed by atoms with Crippen molar-refractivity contribution in [1.82, 2.24) is 14.3 Å². The van der Waals surface area contributed by atoms with E-state index < -0.39 is 0 Å². The number of aromatic nitrogens is 3. The van der Waals surface area contributed by atoms with E-state index in [1.54, 1.807) is 4.68 Å². The first kappa shape index (κ1) is 13.4. The molecule has 1 fully saturated rings. The highest BCUT2D eigenvalue weighted by atomic mass is 79.9. The first-order valence-corrected chi connectivity index (χ1v) is 7.45. The van der Waals surface area contributed by atoms with Crippen molar-refractivity contribution in [2.75, 3.05) is 5.32 Å². The monoisotopic (exact) mass is 336 g/mol. The van der Waals surface area contributed by atoms with Gasteiger partial charge in [-0.2, -0.15) is 5.10 Å². The summed E-state index contributed by atoms with van der Waals surface area (Å²) < 4.78 is 4.77. The van der Waals surface area contributed by atoms with Crippen LogP contribution in [0.3, 0.4) is 0 Å². The predicted molar refractivity (Wildman–Crippen MR) is 81.0 cm³/mol. The number of hydrogen-bond acceptors (Lipinski definition) is 2. The summed E-state index contributed by atoms with van der Waals surface area (Å²) in [6.45, 7) is 3.85. The van der Waals surface area contributed by atoms with E-state index in [1.807, 2.05) is 33.2 Å². The van der Waals surface area contributed by atoms with E-state index in [0.717, 1.165) is 34.4 Å². The van der Waals surface area contributed by atoms with E-state index in [4.69, 9.17) is 0 Å². The SMILES string of the molecule is Cc1nn(C)c(C)c1NC(=O)c1cc(Br)cn1C1CC1. The Morgan fingerprint density at radius 3 is 2.70 bits per heavy atom. The maximum atomic E-state index is 12.5. The van der Waals surface area contributed by atoms with Gasteiger partial charge in [0.05, 0.1) is 17.1 Å². The molecule has 0 aromatic carbocycles. The molecule has 0 aliphatic heterocycles. The zero-order chi connectivity index (χ0) is 14.4. The van der Waals surface area contributed by atoms with Crippen LogP contribution in [0.4, 0.5) is 5.69 Å². The second-order valence-electron chi connectivity index (χ2n) is 5.31. The molecule has 0 saturated heterocycles. The van der Waals surface area contributed by atoms with Crippen LogP contribution in [0, 0.1) is 13.8 Å². The van der Waals surface area contributed by atoms with Crippen LogP contribution in [-0.4, -0.2) is 20.3 Å². The zero-order valence-electron chi connectivity index (χ0n) is 11.8. The number of nitrogens with one attached hydrogen (secondary N) is 1. The molecule has 0 bridgehead atoms. The van der Waals surface area contributed by atoms with Gasteiger partial charge in [-0.3, -0.25) is 9.48 Å². The van der Waals surface area contributed by atoms with Crippen molar-refractivity contribution < 1.29 is 4.79 Å². The predicted octanol–water partition coefficient (Wildman–Crippen LogP) is 3.19. The smallest absolute Gasteiger partial charge is 0.272 e. The van der Waals surface area contributed by atoms with Gasteiger partial charge in [0.2, 0.25) is 0 Å². The first-order chi connectivity index (χ1) is 9.47. The molecule has 0 radical (unpaired) electrons. The molecule has 3 rings (SSSR count). The van der Waals surface area contributed by atoms with Crippen LogP contribution in [-0.2, 0) is 7.05 Å². The number of carbonyl (C=O) groups excluding carboxylic acids is 1. The van der Waals surface area contributed by atoms with E-state index in [0.29, 0.717) is 11.7 Å². The molecule has 106 valence electrons. The minimum Gasteiger partial charge on any atom is -0.339 e. The molecule has 1 aliphatic carbocycles. The standard InChI is InChI=1S/C14H17BrN4O/c1-8-13(9(2)18(3)17-8)16-14(20)12-6-10(15)7-19(12)11-4-5-11/h6-7,11H,4-5H2,1-3H3,(H,16,20). The highest BCUT2D eigenvalue weighted by Gasteiger charge is 2.28. The fourth-order valence-electron chi connectivity index (χ4n) is 2.41. The summed E-state index contributed by atoms with van der Waals surface area (Å²) in [5, 5.41) is 7.31. The highest BCUT2D eigenvalue weighted by molar-refractivity contribution is 9.10. The lowest BCUT2D eigenvalue weighted by atomic mass is 10.3. The van der Waals surface area contributed by atoms with E-state index in [2.05, 4.69) is 30.9 Å². The Kier molecular flexibility index (Phi) is 3.20. The molecule has 2 aromatic rings. The molecule has 2 heterocycles. The number of amides is 1. The summed E-state index contributed by atoms with van der Waals surface area (Å²) in [4.78, 5) is 12.5. The molecule has 2 aromatic heterocycles. The highest BCUT2D eigenvalue weighted by Crippen LogP contribution is 2.37. The first-order valence-electron chi connectivity index (χ1n) is 6.66. The average Bonchev–Trinajstić information content (AvgIpc) is 3.12. The van der Waals surface area contributed by atoms with Crippen LogP contribution >= 0.6 is 15.9 Å². The molecule has 0 unspecified atom stereocenters. The molecule has 5 nitrogen and oxygen atoms in total. The number of nitrogens with zero attached hydrogens (tertiary/aromatic N) is 3. The van der Waals surface area contributed by atoms with Gasteiger partial charge in [-0.1, -0.05) is 0 Å². The average molecular weight is 337 g/mol. The molecule has 1 aliphatic rings. The van der Waals surface area contributed by atoms with Gasteiger partial charge in [0.25, 0.3) is 5.91 Å². The van der Waals surface area contributed by atoms with Crippen molar-refractivity contribution in [1.29, 1.82) is 0 Å². The van der Waals surface area contributed by atoms with E-state index >= 15 is 0 Å². The van der Waals surface area contributed by atoms with E-state index in [1.165, 1.54) is 0 Å². The Labute approximate surface area is 126 Å². The molecule has 1 amide bonds. The molecule has 20 heavy (non-hydrogen) atoms. The van der Waals surface area contributed by atoms with Crippen LogP contribution in [0.25, 0.3) is 0 Å². The number of hydrogen-bond donors (Lipinski definition) is 1. The quantitative estimate of drug-likeness (QED) is 0.935. The third-order valence-electron chi connectivity index (χ3n) is 3.74. The second-order valence-corrected chi connectivity index (χ2v) is 6.22. The van der Waals surface area contributed by atoms with E-state index in [9.17, 15) is 4.79 Å². The van der Waals surface area contributed by atoms with Crippen LogP contribution < -0.4 is 5.32 Å². The van der Waals surface area contributed by atoms with Crippen LogP contribution in [0.15, 0.2) is 16.7 Å². The van der Waals surface area contributed by atoms with Crippen LogP contribution in [0.1, 0.15) is 40.8 Å². The van der Waals surface area contributed by atoms with Crippen molar-refractivity contribution in [3.05, 3.63) is 33.8 Å². The number of anilines is 1. The second kappa shape index (κ2) is 4.77. The molecule has 6 heteroatoms. The van der Waals surface area contributed by atoms with Gasteiger partial charge < -0.3 is 9.88 Å². The Morgan fingerprint density at radius 1 is 1.45 bits per heavy atom. The summed E-state index contributed by atoms with van der Waals surface area (Å²) in [5.41, 5.74) is 3.29. The maximum absolute atomic E-state index is 12.5. The number of halogens is 1. The van der Waals surface area contributed by atoms with Gasteiger partial charge >= 0.3 is 0 Å². The fourth-order valence-corrected chi connectivity index (χ4v) is 2.85. The van der Waals surface area contributed by atoms with Crippen molar-refractivity contribution in [3.63, 3.8) is 0 Å². The van der Waals surface area contributed by atoms with Gasteiger partial charge in [0.1, 0.15) is 5.69 Å². The summed E-state index contributed by atoms with van der Waals surface area (Å²) >= 11 is 3.45. The number of carbonyl (C=O) groups is 1. The Morgan fingerprint density at radius 2 is 2.15 bits per heavy atom.